The summed E-state index contributed by atoms with van der Waals surface area (Å²) in [4.78, 5) is 22.9. The van der Waals surface area contributed by atoms with Gasteiger partial charge in [0.25, 0.3) is 0 Å². The van der Waals surface area contributed by atoms with E-state index in [0.29, 0.717) is 13.0 Å². The maximum Gasteiger partial charge on any atom is 0.460 e. The molecule has 0 aromatic heterocycles. The lowest BCUT2D eigenvalue weighted by molar-refractivity contribution is -0.883. The van der Waals surface area contributed by atoms with Crippen molar-refractivity contribution in [3.8, 4) is 0 Å². The normalized spacial score (nSPS) is 16.2. The Balaban J connectivity index is 6.17. The van der Waals surface area contributed by atoms with E-state index in [4.69, 9.17) is 5.11 Å². The van der Waals surface area contributed by atoms with Gasteiger partial charge in [-0.2, -0.15) is 122 Å². The van der Waals surface area contributed by atoms with E-state index in [-0.39, 0.29) is 35.9 Å². The van der Waals surface area contributed by atoms with Crippen LogP contribution in [0, 0.1) is 5.92 Å². The predicted octanol–water partition coefficient (Wildman–Crippen LogP) is 9.01. The highest BCUT2D eigenvalue weighted by atomic mass is 32.2. The number of ketones is 1. The molecule has 5 nitrogen and oxygen atoms in total. The quantitative estimate of drug-likeness (QED) is 0.0576. The van der Waals surface area contributed by atoms with Crippen molar-refractivity contribution in [2.24, 2.45) is 5.92 Å². The van der Waals surface area contributed by atoms with Gasteiger partial charge in [-0.15, -0.1) is 0 Å². The van der Waals surface area contributed by atoms with Gasteiger partial charge in [0.1, 0.15) is 5.78 Å². The lowest BCUT2D eigenvalue weighted by Crippen LogP contribution is -2.78. The van der Waals surface area contributed by atoms with Gasteiger partial charge >= 0.3 is 77.3 Å². The first-order valence-electron chi connectivity index (χ1n) is 14.8. The van der Waals surface area contributed by atoms with Crippen molar-refractivity contribution in [3.05, 3.63) is 0 Å². The first kappa shape index (κ1) is 54.7. The number of hydrogen-bond acceptors (Lipinski definition) is 4. The molecule has 1 atom stereocenters. The number of likely N-dealkylation sites (N-methyl/N-ethyl adjacent to an activating group) is 1. The van der Waals surface area contributed by atoms with E-state index < -0.39 is 107 Å². The summed E-state index contributed by atoms with van der Waals surface area (Å²) >= 11 is -0.161. The molecular formula is C26H28F25N2O3S+. The number of carbonyl (C=O) groups excluding carboxylic acids is 1. The van der Waals surface area contributed by atoms with Gasteiger partial charge in [0.05, 0.1) is 26.4 Å². The fourth-order valence-electron chi connectivity index (χ4n) is 4.17. The molecule has 0 aliphatic heterocycles. The molecule has 340 valence electrons. The number of halogens is 25. The number of thioether (sulfide) groups is 1. The second kappa shape index (κ2) is 16.6. The number of Topliss-reactive ketones (excluding diaryl/α,β-unsaturated/α-hetero) is 1. The van der Waals surface area contributed by atoms with Crippen molar-refractivity contribution in [2.75, 3.05) is 51.8 Å². The molecule has 0 aliphatic rings. The van der Waals surface area contributed by atoms with Gasteiger partial charge in [-0.1, -0.05) is 6.92 Å². The minimum Gasteiger partial charge on any atom is -0.477 e. The van der Waals surface area contributed by atoms with Gasteiger partial charge < -0.3 is 14.9 Å². The number of carbonyl (C=O) groups is 2. The van der Waals surface area contributed by atoms with Crippen LogP contribution in [0.4, 0.5) is 110 Å². The number of nitrogens with one attached hydrogen (secondary N) is 1. The van der Waals surface area contributed by atoms with Crippen LogP contribution in [0.1, 0.15) is 19.8 Å². The number of hydrogen-bond donors (Lipinski definition) is 2. The van der Waals surface area contributed by atoms with Crippen LogP contribution in [0.15, 0.2) is 0 Å². The topological polar surface area (TPSA) is 66.4 Å². The molecular weight excluding hydrogens is 895 g/mol. The van der Waals surface area contributed by atoms with Crippen molar-refractivity contribution >= 4 is 23.5 Å². The number of carboxylic acid groups (broad SMARTS) is 1. The Kier molecular flexibility index (Phi) is 15.9. The van der Waals surface area contributed by atoms with Crippen molar-refractivity contribution in [2.45, 2.75) is 91.1 Å². The van der Waals surface area contributed by atoms with Gasteiger partial charge in [-0.05, 0) is 5.75 Å². The van der Waals surface area contributed by atoms with Gasteiger partial charge in [-0.25, -0.2) is 4.79 Å². The van der Waals surface area contributed by atoms with Crippen LogP contribution in [0.25, 0.3) is 0 Å². The molecule has 57 heavy (non-hydrogen) atoms. The van der Waals surface area contributed by atoms with Crippen molar-refractivity contribution in [1.82, 2.24) is 5.32 Å². The monoisotopic (exact) mass is 923 g/mol. The third kappa shape index (κ3) is 9.52. The van der Waals surface area contributed by atoms with Crippen LogP contribution < -0.4 is 5.32 Å². The van der Waals surface area contributed by atoms with Gasteiger partial charge in [0.15, 0.2) is 6.54 Å². The van der Waals surface area contributed by atoms with Crippen molar-refractivity contribution < 1.29 is 129 Å². The van der Waals surface area contributed by atoms with Crippen LogP contribution in [0.5, 0.6) is 0 Å². The third-order valence-corrected chi connectivity index (χ3v) is 8.83. The fourth-order valence-corrected chi connectivity index (χ4v) is 5.20. The van der Waals surface area contributed by atoms with Gasteiger partial charge in [-0.3, -0.25) is 4.79 Å². The molecule has 2 N–H and O–H groups in total. The summed E-state index contributed by atoms with van der Waals surface area (Å²) in [5, 5.41) is 11.5. The summed E-state index contributed by atoms with van der Waals surface area (Å²) in [6.45, 7) is 1.22. The Bertz CT molecular complexity index is 1400. The summed E-state index contributed by atoms with van der Waals surface area (Å²) < 4.78 is 340. The summed E-state index contributed by atoms with van der Waals surface area (Å²) in [6.07, 6.45) is -10.8. The van der Waals surface area contributed by atoms with E-state index in [2.05, 4.69) is 5.32 Å². The highest BCUT2D eigenvalue weighted by Gasteiger charge is 2.99. The van der Waals surface area contributed by atoms with Gasteiger partial charge in [0, 0.05) is 31.8 Å². The molecule has 0 aliphatic carbocycles. The predicted molar refractivity (Wildman–Crippen MR) is 144 cm³/mol. The molecule has 0 radical (unpaired) electrons. The zero-order valence-electron chi connectivity index (χ0n) is 28.3. The summed E-state index contributed by atoms with van der Waals surface area (Å²) in [7, 11) is 3.13. The molecule has 1 unspecified atom stereocenters. The van der Waals surface area contributed by atoms with Crippen LogP contribution >= 0.6 is 11.8 Å². The standard InChI is InChI=1S/C26H27F25N2O3S/c1-12(9-52-6-4-7-53(2,3)10-14(55)56)13(54)11-57-8-5-15(27,28)16(29,30)17(31,32)18(33,34)19(35,36)20(37,38)21(39,40)22(41,42)23(43,44)24(45,46)25(47,48)26(49,50)51/h12,52H,4-11H2,1-3H3/p+1. The van der Waals surface area contributed by atoms with E-state index in [1.165, 1.54) is 6.92 Å². The van der Waals surface area contributed by atoms with E-state index >= 15 is 0 Å². The molecule has 0 bridgehead atoms. The molecule has 0 heterocycles. The maximum absolute atomic E-state index is 14.2. The lowest BCUT2D eigenvalue weighted by atomic mass is 9.84. The Labute approximate surface area is 307 Å². The van der Waals surface area contributed by atoms with Gasteiger partial charge in [0.2, 0.25) is 0 Å². The minimum absolute atomic E-state index is 0.0348. The lowest BCUT2D eigenvalue weighted by Gasteiger charge is -2.45. The minimum atomic E-state index is -9.64. The van der Waals surface area contributed by atoms with Crippen molar-refractivity contribution in [3.63, 3.8) is 0 Å². The number of aliphatic carboxylic acids is 1. The smallest absolute Gasteiger partial charge is 0.460 e. The number of carboxylic acids is 1. The second-order valence-electron chi connectivity index (χ2n) is 12.9. The Morgan fingerprint density at radius 2 is 0.912 bits per heavy atom. The Morgan fingerprint density at radius 3 is 1.25 bits per heavy atom. The Morgan fingerprint density at radius 1 is 0.579 bits per heavy atom. The molecule has 0 amide bonds. The highest BCUT2D eigenvalue weighted by Crippen LogP contribution is 2.68. The van der Waals surface area contributed by atoms with Crippen LogP contribution in [0.3, 0.4) is 0 Å². The molecule has 0 fully saturated rings. The summed E-state index contributed by atoms with van der Waals surface area (Å²) in [6, 6.07) is 0. The second-order valence-corrected chi connectivity index (χ2v) is 14.0. The van der Waals surface area contributed by atoms with E-state index in [1.807, 2.05) is 0 Å². The van der Waals surface area contributed by atoms with Crippen LogP contribution in [-0.2, 0) is 9.59 Å². The van der Waals surface area contributed by atoms with Crippen LogP contribution in [-0.4, -0.2) is 144 Å². The Hall–Kier alpha value is -2.34. The van der Waals surface area contributed by atoms with Crippen molar-refractivity contribution in [1.29, 1.82) is 0 Å². The largest absolute Gasteiger partial charge is 0.477 e. The number of quaternary nitrogens is 1. The number of nitrogens with zero attached hydrogens (tertiary/aromatic N) is 1. The number of rotatable bonds is 24. The molecule has 0 aromatic carbocycles. The SMILES string of the molecule is CC(CNCCC[N+](C)(C)CC(=O)O)C(=O)CSCCC(F)(F)C(F)(F)C(F)(F)C(F)(F)C(F)(F)C(F)(F)C(F)(F)C(F)(F)C(F)(F)C(F)(F)C(F)(F)C(F)(F)F. The number of alkyl halides is 25. The fraction of sp³-hybridized carbons (Fsp3) is 0.923. The van der Waals surface area contributed by atoms with E-state index in [1.54, 1.807) is 14.1 Å². The molecule has 0 saturated carbocycles. The average Bonchev–Trinajstić information content (AvgIpc) is 3.00. The summed E-state index contributed by atoms with van der Waals surface area (Å²) in [5.41, 5.74) is 0. The molecule has 0 saturated heterocycles. The third-order valence-electron chi connectivity index (χ3n) is 7.85. The molecule has 31 heteroatoms. The van der Waals surface area contributed by atoms with E-state index in [9.17, 15) is 119 Å². The molecule has 0 spiro atoms. The summed E-state index contributed by atoms with van der Waals surface area (Å²) in [5.74, 6) is -104. The first-order chi connectivity index (χ1) is 24.7. The molecule has 0 aromatic rings. The first-order valence-corrected chi connectivity index (χ1v) is 15.9. The zero-order valence-corrected chi connectivity index (χ0v) is 29.1. The average molecular weight is 924 g/mol. The van der Waals surface area contributed by atoms with Crippen LogP contribution in [0.2, 0.25) is 0 Å². The maximum atomic E-state index is 14.2. The highest BCUT2D eigenvalue weighted by molar-refractivity contribution is 7.99. The molecule has 0 rings (SSSR count). The van der Waals surface area contributed by atoms with E-state index in [0.717, 1.165) is 0 Å². The zero-order chi connectivity index (χ0) is 46.3.